The van der Waals surface area contributed by atoms with Crippen LogP contribution in [0.2, 0.25) is 5.02 Å². The Morgan fingerprint density at radius 1 is 1.30 bits per heavy atom. The number of halogens is 2. The maximum absolute atomic E-state index is 14.1. The van der Waals surface area contributed by atoms with Gasteiger partial charge in [-0.3, -0.25) is 4.79 Å². The van der Waals surface area contributed by atoms with Crippen molar-refractivity contribution in [3.05, 3.63) is 34.1 Å². The smallest absolute Gasteiger partial charge is 0.318 e. The quantitative estimate of drug-likeness (QED) is 0.728. The van der Waals surface area contributed by atoms with Gasteiger partial charge in [-0.25, -0.2) is 9.18 Å². The van der Waals surface area contributed by atoms with Gasteiger partial charge < -0.3 is 20.2 Å². The van der Waals surface area contributed by atoms with Crippen LogP contribution in [0.4, 0.5) is 9.18 Å². The highest BCUT2D eigenvalue weighted by atomic mass is 35.5. The van der Waals surface area contributed by atoms with E-state index in [0.29, 0.717) is 23.7 Å². The Morgan fingerprint density at radius 2 is 1.97 bits per heavy atom. The van der Waals surface area contributed by atoms with E-state index in [1.807, 2.05) is 4.90 Å². The molecule has 3 rings (SSSR count). The molecule has 8 heteroatoms. The minimum atomic E-state index is -1.43. The van der Waals surface area contributed by atoms with Gasteiger partial charge in [0.15, 0.2) is 0 Å². The lowest BCUT2D eigenvalue weighted by Gasteiger charge is -2.41. The minimum Gasteiger partial charge on any atom is -0.381 e. The van der Waals surface area contributed by atoms with E-state index in [1.54, 1.807) is 17.9 Å². The van der Waals surface area contributed by atoms with Gasteiger partial charge in [-0.15, -0.1) is 0 Å². The number of nitrogens with zero attached hydrogens (tertiary/aromatic N) is 2. The van der Waals surface area contributed by atoms with Crippen LogP contribution in [-0.2, 0) is 11.3 Å². The lowest BCUT2D eigenvalue weighted by atomic mass is 10.0. The SMILES string of the molecule is C.Cc1cc(CNC(=O)N(C2CC2)C2CCCN(C(=O)C(C)(C)O)C2)c(F)cc1Cl. The molecule has 1 saturated carbocycles. The van der Waals surface area contributed by atoms with E-state index in [2.05, 4.69) is 5.32 Å². The number of carbonyl (C=O) groups is 2. The lowest BCUT2D eigenvalue weighted by Crippen LogP contribution is -2.57. The molecule has 1 saturated heterocycles. The molecule has 1 aliphatic carbocycles. The number of piperidine rings is 1. The molecule has 1 unspecified atom stereocenters. The standard InChI is InChI=1S/C21H29ClFN3O3.CH4/c1-13-9-14(18(23)10-17(13)22)11-24-20(28)26(15-6-7-15)16-5-4-8-25(12-16)19(27)21(2,3)29;/h9-10,15-16,29H,4-8,11-12H2,1-3H3,(H,24,28);1H4. The Bertz CT molecular complexity index is 793. The van der Waals surface area contributed by atoms with Crippen LogP contribution in [-0.4, -0.2) is 57.6 Å². The summed E-state index contributed by atoms with van der Waals surface area (Å²) in [6.07, 6.45) is 3.43. The first-order valence-corrected chi connectivity index (χ1v) is 10.5. The monoisotopic (exact) mass is 441 g/mol. The summed E-state index contributed by atoms with van der Waals surface area (Å²) in [5.41, 5.74) is -0.290. The van der Waals surface area contributed by atoms with Crippen LogP contribution in [0.5, 0.6) is 0 Å². The number of benzene rings is 1. The zero-order valence-corrected chi connectivity index (χ0v) is 17.9. The summed E-state index contributed by atoms with van der Waals surface area (Å²) in [6, 6.07) is 2.69. The Balaban J connectivity index is 0.00000320. The van der Waals surface area contributed by atoms with Crippen molar-refractivity contribution in [1.29, 1.82) is 0 Å². The molecule has 168 valence electrons. The molecule has 6 nitrogen and oxygen atoms in total. The maximum atomic E-state index is 14.1. The molecule has 1 heterocycles. The van der Waals surface area contributed by atoms with Crippen LogP contribution in [0.15, 0.2) is 12.1 Å². The molecule has 2 aliphatic rings. The van der Waals surface area contributed by atoms with Crippen molar-refractivity contribution < 1.29 is 19.1 Å². The normalized spacial score (nSPS) is 19.1. The Hall–Kier alpha value is -1.86. The predicted molar refractivity (Wildman–Crippen MR) is 116 cm³/mol. The second-order valence-corrected chi connectivity index (χ2v) is 9.00. The van der Waals surface area contributed by atoms with E-state index in [0.717, 1.165) is 31.2 Å². The lowest BCUT2D eigenvalue weighted by molar-refractivity contribution is -0.149. The zero-order valence-electron chi connectivity index (χ0n) is 17.2. The molecule has 2 fully saturated rings. The highest BCUT2D eigenvalue weighted by molar-refractivity contribution is 6.31. The summed E-state index contributed by atoms with van der Waals surface area (Å²) in [5, 5.41) is 13.2. The predicted octanol–water partition coefficient (Wildman–Crippen LogP) is 3.86. The van der Waals surface area contributed by atoms with Crippen molar-refractivity contribution in [2.45, 2.75) is 78.1 Å². The first-order chi connectivity index (χ1) is 13.6. The van der Waals surface area contributed by atoms with Crippen LogP contribution >= 0.6 is 11.6 Å². The van der Waals surface area contributed by atoms with Crippen LogP contribution in [0, 0.1) is 12.7 Å². The second-order valence-electron chi connectivity index (χ2n) is 8.60. The second kappa shape index (κ2) is 9.52. The summed E-state index contributed by atoms with van der Waals surface area (Å²) in [4.78, 5) is 28.9. The molecular formula is C22H33ClFN3O3. The molecule has 1 aromatic rings. The third-order valence-electron chi connectivity index (χ3n) is 5.53. The van der Waals surface area contributed by atoms with Crippen molar-refractivity contribution in [2.75, 3.05) is 13.1 Å². The third kappa shape index (κ3) is 5.64. The summed E-state index contributed by atoms with van der Waals surface area (Å²) in [6.45, 7) is 5.81. The van der Waals surface area contributed by atoms with Crippen molar-refractivity contribution in [3.8, 4) is 0 Å². The van der Waals surface area contributed by atoms with Gasteiger partial charge in [0.2, 0.25) is 0 Å². The van der Waals surface area contributed by atoms with Gasteiger partial charge in [-0.1, -0.05) is 19.0 Å². The molecular weight excluding hydrogens is 409 g/mol. The molecule has 30 heavy (non-hydrogen) atoms. The number of aliphatic hydroxyl groups is 1. The fourth-order valence-electron chi connectivity index (χ4n) is 3.85. The topological polar surface area (TPSA) is 72.9 Å². The van der Waals surface area contributed by atoms with Gasteiger partial charge in [0.05, 0.1) is 6.04 Å². The highest BCUT2D eigenvalue weighted by Gasteiger charge is 2.41. The number of urea groups is 1. The third-order valence-corrected chi connectivity index (χ3v) is 5.94. The number of carbonyl (C=O) groups excluding carboxylic acids is 2. The van der Waals surface area contributed by atoms with Gasteiger partial charge in [0, 0.05) is 36.3 Å². The average Bonchev–Trinajstić information content (AvgIpc) is 3.47. The number of hydrogen-bond donors (Lipinski definition) is 2. The van der Waals surface area contributed by atoms with Gasteiger partial charge >= 0.3 is 6.03 Å². The molecule has 1 aromatic carbocycles. The Labute approximate surface area is 183 Å². The molecule has 0 spiro atoms. The molecule has 0 aromatic heterocycles. The van der Waals surface area contributed by atoms with Gasteiger partial charge in [0.1, 0.15) is 11.4 Å². The van der Waals surface area contributed by atoms with Gasteiger partial charge in [-0.2, -0.15) is 0 Å². The van der Waals surface area contributed by atoms with Crippen molar-refractivity contribution in [1.82, 2.24) is 15.1 Å². The number of rotatable bonds is 5. The van der Waals surface area contributed by atoms with E-state index in [9.17, 15) is 19.1 Å². The van der Waals surface area contributed by atoms with Crippen LogP contribution < -0.4 is 5.32 Å². The van der Waals surface area contributed by atoms with Crippen molar-refractivity contribution >= 4 is 23.5 Å². The fourth-order valence-corrected chi connectivity index (χ4v) is 4.00. The van der Waals surface area contributed by atoms with E-state index in [1.165, 1.54) is 19.9 Å². The number of amides is 3. The minimum absolute atomic E-state index is 0. The van der Waals surface area contributed by atoms with Crippen molar-refractivity contribution in [2.24, 2.45) is 0 Å². The summed E-state index contributed by atoms with van der Waals surface area (Å²) in [5.74, 6) is -0.768. The largest absolute Gasteiger partial charge is 0.381 e. The molecule has 2 N–H and O–H groups in total. The van der Waals surface area contributed by atoms with Crippen LogP contribution in [0.1, 0.15) is 58.1 Å². The average molecular weight is 442 g/mol. The summed E-state index contributed by atoms with van der Waals surface area (Å²) in [7, 11) is 0. The molecule has 1 atom stereocenters. The zero-order chi connectivity index (χ0) is 21.3. The van der Waals surface area contributed by atoms with E-state index < -0.39 is 11.4 Å². The van der Waals surface area contributed by atoms with E-state index in [-0.39, 0.29) is 38.0 Å². The van der Waals surface area contributed by atoms with Gasteiger partial charge in [0.25, 0.3) is 5.91 Å². The summed E-state index contributed by atoms with van der Waals surface area (Å²) >= 11 is 5.94. The number of aryl methyl sites for hydroxylation is 1. The number of likely N-dealkylation sites (tertiary alicyclic amines) is 1. The maximum Gasteiger partial charge on any atom is 0.318 e. The summed E-state index contributed by atoms with van der Waals surface area (Å²) < 4.78 is 14.1. The molecule has 1 aliphatic heterocycles. The molecule has 3 amide bonds. The number of nitrogens with one attached hydrogen (secondary N) is 1. The fraction of sp³-hybridized carbons (Fsp3) is 0.636. The first-order valence-electron chi connectivity index (χ1n) is 10.1. The highest BCUT2D eigenvalue weighted by Crippen LogP contribution is 2.32. The number of hydrogen-bond acceptors (Lipinski definition) is 3. The van der Waals surface area contributed by atoms with Crippen LogP contribution in [0.25, 0.3) is 0 Å². The van der Waals surface area contributed by atoms with E-state index >= 15 is 0 Å². The Morgan fingerprint density at radius 3 is 2.57 bits per heavy atom. The first kappa shape index (κ1) is 24.4. The van der Waals surface area contributed by atoms with Crippen molar-refractivity contribution in [3.63, 3.8) is 0 Å². The molecule has 0 radical (unpaired) electrons. The van der Waals surface area contributed by atoms with Crippen LogP contribution in [0.3, 0.4) is 0 Å². The Kier molecular flexibility index (Phi) is 7.74. The molecule has 0 bridgehead atoms. The van der Waals surface area contributed by atoms with Gasteiger partial charge in [-0.05, 0) is 64.2 Å². The van der Waals surface area contributed by atoms with E-state index in [4.69, 9.17) is 11.6 Å².